The van der Waals surface area contributed by atoms with E-state index in [0.717, 1.165) is 48.7 Å². The Balaban J connectivity index is 1.23. The number of halogens is 1. The minimum Gasteiger partial charge on any atom is -0.368 e. The quantitative estimate of drug-likeness (QED) is 0.294. The van der Waals surface area contributed by atoms with Crippen molar-refractivity contribution < 1.29 is 14.3 Å². The number of hydrogen-bond donors (Lipinski definition) is 2. The second-order valence-electron chi connectivity index (χ2n) is 9.11. The molecule has 8 nitrogen and oxygen atoms in total. The van der Waals surface area contributed by atoms with Crippen LogP contribution in [-0.2, 0) is 7.05 Å². The molecule has 0 radical (unpaired) electrons. The number of carbonyl (C=O) groups is 1. The number of rotatable bonds is 7. The van der Waals surface area contributed by atoms with Gasteiger partial charge in [-0.25, -0.2) is 14.4 Å². The third-order valence-corrected chi connectivity index (χ3v) is 6.74. The lowest BCUT2D eigenvalue weighted by molar-refractivity contribution is 0.0785. The molecule has 1 unspecified atom stereocenters. The van der Waals surface area contributed by atoms with Crippen molar-refractivity contribution in [1.29, 1.82) is 0 Å². The van der Waals surface area contributed by atoms with Crippen LogP contribution in [0.15, 0.2) is 73.1 Å². The molecule has 0 amide bonds. The van der Waals surface area contributed by atoms with Gasteiger partial charge < -0.3 is 24.8 Å². The number of nitrogens with zero attached hydrogens (tertiary/aromatic N) is 5. The van der Waals surface area contributed by atoms with Crippen LogP contribution < -0.4 is 15.1 Å². The van der Waals surface area contributed by atoms with Crippen LogP contribution in [0.3, 0.4) is 0 Å². The number of piperazine rings is 1. The highest BCUT2D eigenvalue weighted by atomic mass is 19.1. The van der Waals surface area contributed by atoms with E-state index in [1.54, 1.807) is 0 Å². The first-order valence-corrected chi connectivity index (χ1v) is 12.2. The number of anilines is 3. The van der Waals surface area contributed by atoms with Crippen LogP contribution in [-0.4, -0.2) is 57.8 Å². The van der Waals surface area contributed by atoms with Gasteiger partial charge in [-0.15, -0.1) is 0 Å². The third kappa shape index (κ3) is 5.17. The molecule has 0 aliphatic carbocycles. The molecule has 4 aromatic rings. The number of aliphatic hydroxyl groups is 1. The largest absolute Gasteiger partial charge is 0.368 e. The van der Waals surface area contributed by atoms with Crippen molar-refractivity contribution in [1.82, 2.24) is 14.5 Å². The van der Waals surface area contributed by atoms with Gasteiger partial charge in [0.15, 0.2) is 12.0 Å². The van der Waals surface area contributed by atoms with E-state index < -0.39 is 17.8 Å². The van der Waals surface area contributed by atoms with Crippen LogP contribution in [0.2, 0.25) is 0 Å². The molecular weight excluding hydrogens is 471 g/mol. The highest BCUT2D eigenvalue weighted by Crippen LogP contribution is 2.28. The van der Waals surface area contributed by atoms with Crippen molar-refractivity contribution in [3.8, 4) is 11.1 Å². The summed E-state index contributed by atoms with van der Waals surface area (Å²) >= 11 is 0. The average Bonchev–Trinajstić information content (AvgIpc) is 3.23. The fraction of sp³-hybridized carbons (Fsp3) is 0.250. The summed E-state index contributed by atoms with van der Waals surface area (Å²) in [6.07, 6.45) is 0.975. The third-order valence-electron chi connectivity index (χ3n) is 6.74. The Hall–Kier alpha value is -4.24. The van der Waals surface area contributed by atoms with Gasteiger partial charge in [0.2, 0.25) is 11.7 Å². The van der Waals surface area contributed by atoms with Crippen molar-refractivity contribution in [2.24, 2.45) is 7.05 Å². The Morgan fingerprint density at radius 1 is 0.973 bits per heavy atom. The maximum Gasteiger partial charge on any atom is 0.228 e. The minimum atomic E-state index is -1.39. The Bertz CT molecular complexity index is 1360. The summed E-state index contributed by atoms with van der Waals surface area (Å²) in [7, 11) is 1.83. The van der Waals surface area contributed by atoms with Crippen LogP contribution in [0.25, 0.3) is 11.1 Å². The summed E-state index contributed by atoms with van der Waals surface area (Å²) in [6.45, 7) is 4.92. The molecule has 190 valence electrons. The van der Waals surface area contributed by atoms with E-state index in [4.69, 9.17) is 0 Å². The summed E-state index contributed by atoms with van der Waals surface area (Å²) in [4.78, 5) is 25.7. The molecule has 1 atom stereocenters. The Kier molecular flexibility index (Phi) is 6.87. The molecule has 2 N–H and O–H groups in total. The molecular formula is C28H29FN6O2. The van der Waals surface area contributed by atoms with Gasteiger partial charge in [-0.3, -0.25) is 4.79 Å². The van der Waals surface area contributed by atoms with E-state index in [9.17, 15) is 14.3 Å². The molecule has 37 heavy (non-hydrogen) atoms. The zero-order valence-corrected chi connectivity index (χ0v) is 20.8. The molecule has 1 aliphatic rings. The Labute approximate surface area is 215 Å². The molecule has 1 aliphatic heterocycles. The average molecular weight is 501 g/mol. The number of hydrogen-bond acceptors (Lipinski definition) is 7. The van der Waals surface area contributed by atoms with Crippen LogP contribution in [0.4, 0.5) is 21.7 Å². The number of aromatic nitrogens is 3. The fourth-order valence-corrected chi connectivity index (χ4v) is 4.62. The summed E-state index contributed by atoms with van der Waals surface area (Å²) in [6, 6.07) is 19.3. The van der Waals surface area contributed by atoms with E-state index in [0.29, 0.717) is 17.3 Å². The lowest BCUT2D eigenvalue weighted by Gasteiger charge is -2.36. The molecule has 2 aromatic heterocycles. The van der Waals surface area contributed by atoms with Gasteiger partial charge in [0.25, 0.3) is 0 Å². The molecule has 0 bridgehead atoms. The highest BCUT2D eigenvalue weighted by Gasteiger charge is 2.25. The van der Waals surface area contributed by atoms with Crippen LogP contribution in [0.5, 0.6) is 0 Å². The summed E-state index contributed by atoms with van der Waals surface area (Å²) in [5.41, 5.74) is 4.81. The first-order valence-electron chi connectivity index (χ1n) is 12.2. The highest BCUT2D eigenvalue weighted by molar-refractivity contribution is 6.05. The first-order chi connectivity index (χ1) is 17.9. The minimum absolute atomic E-state index is 0.391. The molecule has 1 saturated heterocycles. The van der Waals surface area contributed by atoms with Crippen LogP contribution in [0.1, 0.15) is 16.2 Å². The van der Waals surface area contributed by atoms with Crippen LogP contribution >= 0.6 is 0 Å². The maximum absolute atomic E-state index is 13.3. The molecule has 0 saturated carbocycles. The predicted molar refractivity (Wildman–Crippen MR) is 142 cm³/mol. The number of aliphatic hydroxyl groups excluding tert-OH is 1. The van der Waals surface area contributed by atoms with Gasteiger partial charge in [-0.05, 0) is 42.8 Å². The lowest BCUT2D eigenvalue weighted by atomic mass is 10.0. The SMILES string of the molecule is Cc1cc(-c2ccccc2)c(C(=O)C(O)Nc2ccc(N3CCN(c4ncc(F)cn4)CC3)cc2)n1C. The second-order valence-corrected chi connectivity index (χ2v) is 9.11. The second kappa shape index (κ2) is 10.4. The molecule has 2 aromatic carbocycles. The summed E-state index contributed by atoms with van der Waals surface area (Å²) in [5, 5.41) is 13.7. The van der Waals surface area contributed by atoms with E-state index in [1.807, 2.05) is 84.1 Å². The van der Waals surface area contributed by atoms with E-state index >= 15 is 0 Å². The first kappa shape index (κ1) is 24.5. The maximum atomic E-state index is 13.3. The number of nitrogens with one attached hydrogen (secondary N) is 1. The number of carbonyl (C=O) groups excluding carboxylic acids is 1. The number of ketones is 1. The van der Waals surface area contributed by atoms with Crippen molar-refractivity contribution in [3.05, 3.63) is 90.3 Å². The molecule has 1 fully saturated rings. The van der Waals surface area contributed by atoms with Gasteiger partial charge in [0.05, 0.1) is 18.1 Å². The van der Waals surface area contributed by atoms with Gasteiger partial charge in [-0.1, -0.05) is 30.3 Å². The van der Waals surface area contributed by atoms with Crippen molar-refractivity contribution >= 4 is 23.1 Å². The molecule has 0 spiro atoms. The van der Waals surface area contributed by atoms with E-state index in [2.05, 4.69) is 20.2 Å². The van der Waals surface area contributed by atoms with Gasteiger partial charge in [-0.2, -0.15) is 0 Å². The smallest absolute Gasteiger partial charge is 0.228 e. The summed E-state index contributed by atoms with van der Waals surface area (Å²) < 4.78 is 14.9. The Morgan fingerprint density at radius 2 is 1.59 bits per heavy atom. The van der Waals surface area contributed by atoms with E-state index in [1.165, 1.54) is 12.4 Å². The Morgan fingerprint density at radius 3 is 2.24 bits per heavy atom. The van der Waals surface area contributed by atoms with Gasteiger partial charge in [0.1, 0.15) is 0 Å². The zero-order chi connectivity index (χ0) is 25.9. The van der Waals surface area contributed by atoms with E-state index in [-0.39, 0.29) is 0 Å². The van der Waals surface area contributed by atoms with Gasteiger partial charge in [0, 0.05) is 55.9 Å². The van der Waals surface area contributed by atoms with Crippen LogP contribution in [0, 0.1) is 12.7 Å². The normalized spacial score (nSPS) is 14.5. The molecule has 5 rings (SSSR count). The van der Waals surface area contributed by atoms with Crippen molar-refractivity contribution in [2.75, 3.05) is 41.3 Å². The topological polar surface area (TPSA) is 86.5 Å². The summed E-state index contributed by atoms with van der Waals surface area (Å²) in [5.74, 6) is -0.306. The number of benzene rings is 2. The van der Waals surface area contributed by atoms with Gasteiger partial charge >= 0.3 is 0 Å². The fourth-order valence-electron chi connectivity index (χ4n) is 4.62. The monoisotopic (exact) mass is 500 g/mol. The lowest BCUT2D eigenvalue weighted by Crippen LogP contribution is -2.47. The standard InChI is InChI=1S/C28H29FN6O2/c1-19-16-24(20-6-4-3-5-7-20)25(33(19)2)26(36)27(37)32-22-8-10-23(11-9-22)34-12-14-35(15-13-34)28-30-17-21(29)18-31-28/h3-11,16-18,27,32,37H,12-15H2,1-2H3. The number of Topliss-reactive ketones (excluding diaryl/α,β-unsaturated/α-hetero) is 1. The predicted octanol–water partition coefficient (Wildman–Crippen LogP) is 3.87. The number of aryl methyl sites for hydroxylation is 1. The van der Waals surface area contributed by atoms with Crippen molar-refractivity contribution in [2.45, 2.75) is 13.2 Å². The molecule has 3 heterocycles. The zero-order valence-electron chi connectivity index (χ0n) is 20.8. The molecule has 9 heteroatoms. The van der Waals surface area contributed by atoms with Crippen molar-refractivity contribution in [3.63, 3.8) is 0 Å².